The average molecular weight is 440 g/mol. The zero-order chi connectivity index (χ0) is 22.5. The summed E-state index contributed by atoms with van der Waals surface area (Å²) >= 11 is 1.23. The number of carbonyl (C=O) groups is 2. The van der Waals surface area contributed by atoms with Crippen molar-refractivity contribution in [3.05, 3.63) is 64.5 Å². The Hall–Kier alpha value is -3.33. The normalized spacial score (nSPS) is 10.7. The number of carboxylic acids is 1. The lowest BCUT2D eigenvalue weighted by Crippen LogP contribution is -2.24. The summed E-state index contributed by atoms with van der Waals surface area (Å²) in [6, 6.07) is 10.6. The Kier molecular flexibility index (Phi) is 6.96. The maximum Gasteiger partial charge on any atom is 0.234 e. The zero-order valence-electron chi connectivity index (χ0n) is 17.8. The molecule has 0 aliphatic carbocycles. The molecule has 1 heterocycles. The summed E-state index contributed by atoms with van der Waals surface area (Å²) in [6.07, 6.45) is 0. The monoisotopic (exact) mass is 439 g/mol. The largest absolute Gasteiger partial charge is 0.545 e. The molecule has 8 nitrogen and oxygen atoms in total. The van der Waals surface area contributed by atoms with Crippen molar-refractivity contribution >= 4 is 29.3 Å². The van der Waals surface area contributed by atoms with Crippen molar-refractivity contribution in [2.75, 3.05) is 11.1 Å². The van der Waals surface area contributed by atoms with E-state index in [1.165, 1.54) is 17.8 Å². The molecule has 1 amide bonds. The summed E-state index contributed by atoms with van der Waals surface area (Å²) in [4.78, 5) is 23.5. The van der Waals surface area contributed by atoms with Crippen LogP contribution in [0.1, 0.15) is 32.9 Å². The van der Waals surface area contributed by atoms with Crippen LogP contribution in [-0.2, 0) is 18.4 Å². The van der Waals surface area contributed by atoms with Gasteiger partial charge in [0.05, 0.1) is 11.7 Å². The van der Waals surface area contributed by atoms with Gasteiger partial charge in [0.2, 0.25) is 5.91 Å². The summed E-state index contributed by atoms with van der Waals surface area (Å²) in [5, 5.41) is 22.7. The second kappa shape index (κ2) is 9.65. The molecule has 0 aliphatic heterocycles. The lowest BCUT2D eigenvalue weighted by atomic mass is 10.1. The summed E-state index contributed by atoms with van der Waals surface area (Å²) in [5.74, 6) is 0.00701. The number of carboxylic acid groups (broad SMARTS) is 1. The number of rotatable bonds is 8. The number of aryl methyl sites for hydroxylation is 2. The third-order valence-corrected chi connectivity index (χ3v) is 5.86. The summed E-state index contributed by atoms with van der Waals surface area (Å²) in [7, 11) is 1.82. The number of nitrogens with zero attached hydrogens (tertiary/aromatic N) is 3. The van der Waals surface area contributed by atoms with Gasteiger partial charge in [0.15, 0.2) is 11.0 Å². The Labute approximate surface area is 184 Å². The van der Waals surface area contributed by atoms with E-state index in [9.17, 15) is 14.7 Å². The molecule has 0 unspecified atom stereocenters. The van der Waals surface area contributed by atoms with Crippen LogP contribution in [0.5, 0.6) is 5.75 Å². The maximum atomic E-state index is 12.3. The molecule has 0 fully saturated rings. The first-order chi connectivity index (χ1) is 14.8. The molecule has 0 bridgehead atoms. The van der Waals surface area contributed by atoms with E-state index < -0.39 is 5.97 Å². The van der Waals surface area contributed by atoms with E-state index in [0.717, 1.165) is 16.9 Å². The van der Waals surface area contributed by atoms with Gasteiger partial charge >= 0.3 is 0 Å². The predicted octanol–water partition coefficient (Wildman–Crippen LogP) is 2.41. The highest BCUT2D eigenvalue weighted by molar-refractivity contribution is 7.99. The summed E-state index contributed by atoms with van der Waals surface area (Å²) in [5.41, 5.74) is 3.03. The highest BCUT2D eigenvalue weighted by atomic mass is 32.2. The van der Waals surface area contributed by atoms with Gasteiger partial charge in [0, 0.05) is 18.3 Å². The van der Waals surface area contributed by atoms with Crippen molar-refractivity contribution in [1.82, 2.24) is 14.8 Å². The van der Waals surface area contributed by atoms with E-state index in [-0.39, 0.29) is 23.8 Å². The number of hydrogen-bond acceptors (Lipinski definition) is 7. The van der Waals surface area contributed by atoms with E-state index in [2.05, 4.69) is 15.5 Å². The number of anilines is 1. The molecule has 0 atom stereocenters. The molecule has 2 aromatic carbocycles. The minimum absolute atomic E-state index is 0.0484. The standard InChI is InChI=1S/C22H24N4O4S/c1-13-7-5-8-14(2)20(13)30-11-18-24-25-22(26(18)4)31-12-19(27)23-17-10-6-9-16(15(17)3)21(28)29/h5-10H,11-12H2,1-4H3,(H,23,27)(H,28,29)/p-1. The van der Waals surface area contributed by atoms with Gasteiger partial charge < -0.3 is 24.5 Å². The Morgan fingerprint density at radius 2 is 1.77 bits per heavy atom. The molecule has 3 aromatic rings. The van der Waals surface area contributed by atoms with Crippen molar-refractivity contribution in [3.63, 3.8) is 0 Å². The number of nitrogens with one attached hydrogen (secondary N) is 1. The summed E-state index contributed by atoms with van der Waals surface area (Å²) < 4.78 is 7.72. The Bertz CT molecular complexity index is 1110. The Morgan fingerprint density at radius 3 is 2.45 bits per heavy atom. The highest BCUT2D eigenvalue weighted by Gasteiger charge is 2.14. The van der Waals surface area contributed by atoms with E-state index in [0.29, 0.717) is 22.2 Å². The Morgan fingerprint density at radius 1 is 1.10 bits per heavy atom. The molecule has 9 heteroatoms. The van der Waals surface area contributed by atoms with Crippen LogP contribution in [0.15, 0.2) is 41.6 Å². The van der Waals surface area contributed by atoms with E-state index in [1.807, 2.05) is 39.1 Å². The van der Waals surface area contributed by atoms with Gasteiger partial charge in [-0.15, -0.1) is 10.2 Å². The third kappa shape index (κ3) is 5.24. The zero-order valence-corrected chi connectivity index (χ0v) is 18.6. The fourth-order valence-corrected chi connectivity index (χ4v) is 3.80. The fraction of sp³-hybridized carbons (Fsp3) is 0.273. The minimum atomic E-state index is -1.28. The number of benzene rings is 2. The number of carbonyl (C=O) groups excluding carboxylic acids is 2. The summed E-state index contributed by atoms with van der Waals surface area (Å²) in [6.45, 7) is 5.86. The SMILES string of the molecule is Cc1cccc(C)c1OCc1nnc(SCC(=O)Nc2cccc(C(=O)[O-])c2C)n1C. The molecule has 0 saturated carbocycles. The molecule has 31 heavy (non-hydrogen) atoms. The molecule has 0 radical (unpaired) electrons. The number of para-hydroxylation sites is 1. The topological polar surface area (TPSA) is 109 Å². The number of aromatic carboxylic acids is 1. The number of amides is 1. The van der Waals surface area contributed by atoms with Gasteiger partial charge in [-0.2, -0.15) is 0 Å². The molecule has 0 aliphatic rings. The molecule has 162 valence electrons. The quantitative estimate of drug-likeness (QED) is 0.537. The molecule has 0 spiro atoms. The van der Waals surface area contributed by atoms with Crippen LogP contribution in [0.4, 0.5) is 5.69 Å². The van der Waals surface area contributed by atoms with E-state index in [4.69, 9.17) is 4.74 Å². The maximum absolute atomic E-state index is 12.3. The van der Waals surface area contributed by atoms with Crippen molar-refractivity contribution in [1.29, 1.82) is 0 Å². The predicted molar refractivity (Wildman–Crippen MR) is 116 cm³/mol. The smallest absolute Gasteiger partial charge is 0.234 e. The molecular formula is C22H23N4O4S-. The average Bonchev–Trinajstić information content (AvgIpc) is 3.07. The van der Waals surface area contributed by atoms with Gasteiger partial charge in [0.25, 0.3) is 0 Å². The van der Waals surface area contributed by atoms with Gasteiger partial charge in [-0.05, 0) is 43.5 Å². The number of ether oxygens (including phenoxy) is 1. The number of thioether (sulfide) groups is 1. The van der Waals surface area contributed by atoms with E-state index in [1.54, 1.807) is 23.6 Å². The Balaban J connectivity index is 1.59. The van der Waals surface area contributed by atoms with Crippen molar-refractivity contribution in [3.8, 4) is 5.75 Å². The van der Waals surface area contributed by atoms with Crippen LogP contribution >= 0.6 is 11.8 Å². The van der Waals surface area contributed by atoms with Crippen LogP contribution in [0.2, 0.25) is 0 Å². The first-order valence-electron chi connectivity index (χ1n) is 9.58. The number of aromatic nitrogens is 3. The van der Waals surface area contributed by atoms with Gasteiger partial charge in [0.1, 0.15) is 12.4 Å². The van der Waals surface area contributed by atoms with Crippen LogP contribution in [0.3, 0.4) is 0 Å². The van der Waals surface area contributed by atoms with Gasteiger partial charge in [-0.25, -0.2) is 0 Å². The first-order valence-corrected chi connectivity index (χ1v) is 10.6. The fourth-order valence-electron chi connectivity index (χ4n) is 3.07. The van der Waals surface area contributed by atoms with Gasteiger partial charge in [-0.3, -0.25) is 4.79 Å². The lowest BCUT2D eigenvalue weighted by molar-refractivity contribution is -0.255. The highest BCUT2D eigenvalue weighted by Crippen LogP contribution is 2.24. The van der Waals surface area contributed by atoms with Crippen LogP contribution in [0, 0.1) is 20.8 Å². The van der Waals surface area contributed by atoms with Crippen LogP contribution in [0.25, 0.3) is 0 Å². The van der Waals surface area contributed by atoms with Crippen LogP contribution in [-0.4, -0.2) is 32.4 Å². The van der Waals surface area contributed by atoms with Crippen molar-refractivity contribution in [2.45, 2.75) is 32.5 Å². The van der Waals surface area contributed by atoms with Crippen molar-refractivity contribution in [2.24, 2.45) is 7.05 Å². The second-order valence-corrected chi connectivity index (χ2v) is 8.01. The third-order valence-electron chi connectivity index (χ3n) is 4.84. The molecule has 1 aromatic heterocycles. The molecular weight excluding hydrogens is 416 g/mol. The lowest BCUT2D eigenvalue weighted by Gasteiger charge is -2.13. The van der Waals surface area contributed by atoms with Gasteiger partial charge in [-0.1, -0.05) is 42.1 Å². The minimum Gasteiger partial charge on any atom is -0.545 e. The second-order valence-electron chi connectivity index (χ2n) is 7.07. The van der Waals surface area contributed by atoms with Crippen molar-refractivity contribution < 1.29 is 19.4 Å². The number of hydrogen-bond donors (Lipinski definition) is 1. The van der Waals surface area contributed by atoms with E-state index >= 15 is 0 Å². The first kappa shape index (κ1) is 22.4. The van der Waals surface area contributed by atoms with Crippen LogP contribution < -0.4 is 15.2 Å². The molecule has 0 saturated heterocycles. The molecule has 1 N–H and O–H groups in total. The molecule has 3 rings (SSSR count).